The van der Waals surface area contributed by atoms with Gasteiger partial charge in [-0.05, 0) is 25.3 Å². The van der Waals surface area contributed by atoms with Crippen LogP contribution in [0.5, 0.6) is 0 Å². The molecule has 0 radical (unpaired) electrons. The predicted octanol–water partition coefficient (Wildman–Crippen LogP) is 2.69. The summed E-state index contributed by atoms with van der Waals surface area (Å²) >= 11 is 0. The Hall–Kier alpha value is -0.560. The van der Waals surface area contributed by atoms with Crippen molar-refractivity contribution >= 4 is 0 Å². The van der Waals surface area contributed by atoms with Crippen LogP contribution in [0.2, 0.25) is 0 Å². The van der Waals surface area contributed by atoms with Crippen molar-refractivity contribution in [3.8, 4) is 0 Å². The molecule has 1 aliphatic rings. The molecule has 0 spiro atoms. The first-order valence-electron chi connectivity index (χ1n) is 4.31. The van der Waals surface area contributed by atoms with Crippen LogP contribution in [0, 0.1) is 0 Å². The summed E-state index contributed by atoms with van der Waals surface area (Å²) in [5.74, 6) is 0. The van der Waals surface area contributed by atoms with Crippen molar-refractivity contribution in [2.24, 2.45) is 0 Å². The third kappa shape index (κ3) is 2.51. The Balaban J connectivity index is 2.44. The molecule has 0 aromatic heterocycles. The van der Waals surface area contributed by atoms with Crippen LogP contribution in [0.25, 0.3) is 0 Å². The van der Waals surface area contributed by atoms with Gasteiger partial charge in [-0.15, -0.1) is 0 Å². The smallest absolute Gasteiger partial charge is 0.0760 e. The van der Waals surface area contributed by atoms with E-state index in [1.807, 2.05) is 0 Å². The maximum absolute atomic E-state index is 5.39. The zero-order chi connectivity index (χ0) is 8.10. The monoisotopic (exact) mass is 152 g/mol. The number of ether oxygens (including phenoxy) is 1. The molecule has 11 heavy (non-hydrogen) atoms. The Labute approximate surface area is 68.8 Å². The summed E-state index contributed by atoms with van der Waals surface area (Å²) in [6.07, 6.45) is 9.03. The highest BCUT2D eigenvalue weighted by Gasteiger charge is 2.14. The summed E-state index contributed by atoms with van der Waals surface area (Å²) in [5, 5.41) is 0. The molecule has 0 amide bonds. The molecule has 0 bridgehead atoms. The van der Waals surface area contributed by atoms with Crippen molar-refractivity contribution in [2.75, 3.05) is 6.61 Å². The highest BCUT2D eigenvalue weighted by Crippen LogP contribution is 2.18. The van der Waals surface area contributed by atoms with Crippen molar-refractivity contribution in [3.05, 3.63) is 23.8 Å². The molecule has 0 aliphatic carbocycles. The van der Waals surface area contributed by atoms with Gasteiger partial charge in [0, 0.05) is 0 Å². The fourth-order valence-corrected chi connectivity index (χ4v) is 1.21. The second-order valence-corrected chi connectivity index (χ2v) is 2.84. The van der Waals surface area contributed by atoms with Crippen LogP contribution in [-0.4, -0.2) is 12.7 Å². The molecule has 1 rings (SSSR count). The summed E-state index contributed by atoms with van der Waals surface area (Å²) in [6, 6.07) is 0. The van der Waals surface area contributed by atoms with E-state index in [9.17, 15) is 0 Å². The average Bonchev–Trinajstić information content (AvgIpc) is 2.37. The van der Waals surface area contributed by atoms with Crippen molar-refractivity contribution < 1.29 is 4.74 Å². The zero-order valence-electron chi connectivity index (χ0n) is 7.34. The molecule has 1 nitrogen and oxygen atoms in total. The number of rotatable bonds is 2. The number of allylic oxidation sites excluding steroid dienone is 3. The molecule has 1 aliphatic heterocycles. The first kappa shape index (κ1) is 8.54. The molecule has 0 saturated carbocycles. The highest BCUT2D eigenvalue weighted by molar-refractivity contribution is 5.17. The van der Waals surface area contributed by atoms with E-state index in [2.05, 4.69) is 32.1 Å². The van der Waals surface area contributed by atoms with Gasteiger partial charge in [-0.3, -0.25) is 0 Å². The molecule has 1 heterocycles. The lowest BCUT2D eigenvalue weighted by atomic mass is 10.1. The highest BCUT2D eigenvalue weighted by atomic mass is 16.5. The van der Waals surface area contributed by atoms with Gasteiger partial charge < -0.3 is 4.74 Å². The van der Waals surface area contributed by atoms with E-state index < -0.39 is 0 Å². The van der Waals surface area contributed by atoms with E-state index in [1.165, 1.54) is 5.57 Å². The summed E-state index contributed by atoms with van der Waals surface area (Å²) in [7, 11) is 0. The van der Waals surface area contributed by atoms with Crippen LogP contribution in [0.3, 0.4) is 0 Å². The molecule has 62 valence electrons. The minimum absolute atomic E-state index is 0.344. The third-order valence-electron chi connectivity index (χ3n) is 1.96. The van der Waals surface area contributed by atoms with Gasteiger partial charge in [0.2, 0.25) is 0 Å². The summed E-state index contributed by atoms with van der Waals surface area (Å²) in [4.78, 5) is 0. The Morgan fingerprint density at radius 2 is 2.45 bits per heavy atom. The lowest BCUT2D eigenvalue weighted by molar-refractivity contribution is 0.137. The van der Waals surface area contributed by atoms with Crippen LogP contribution < -0.4 is 0 Å². The molecule has 1 saturated heterocycles. The topological polar surface area (TPSA) is 9.23 Å². The lowest BCUT2D eigenvalue weighted by Crippen LogP contribution is -1.98. The fourth-order valence-electron chi connectivity index (χ4n) is 1.21. The van der Waals surface area contributed by atoms with Gasteiger partial charge in [0.1, 0.15) is 0 Å². The van der Waals surface area contributed by atoms with Crippen LogP contribution in [-0.2, 0) is 4.74 Å². The van der Waals surface area contributed by atoms with E-state index in [0.717, 1.165) is 19.4 Å². The molecular formula is C10H16O. The molecular weight excluding hydrogens is 136 g/mol. The van der Waals surface area contributed by atoms with E-state index in [0.29, 0.717) is 6.10 Å². The number of hydrogen-bond acceptors (Lipinski definition) is 1. The zero-order valence-corrected chi connectivity index (χ0v) is 7.34. The van der Waals surface area contributed by atoms with E-state index in [-0.39, 0.29) is 0 Å². The van der Waals surface area contributed by atoms with Gasteiger partial charge in [0.05, 0.1) is 12.7 Å². The van der Waals surface area contributed by atoms with Crippen molar-refractivity contribution in [1.82, 2.24) is 0 Å². The van der Waals surface area contributed by atoms with E-state index in [4.69, 9.17) is 4.74 Å². The van der Waals surface area contributed by atoms with Gasteiger partial charge >= 0.3 is 0 Å². The van der Waals surface area contributed by atoms with Crippen LogP contribution in [0.1, 0.15) is 26.7 Å². The molecule has 0 aromatic rings. The molecule has 1 fully saturated rings. The maximum atomic E-state index is 5.39. The first-order valence-corrected chi connectivity index (χ1v) is 4.31. The van der Waals surface area contributed by atoms with Gasteiger partial charge in [-0.25, -0.2) is 0 Å². The SMILES string of the molecule is CC/C=C\C=C1\CCOC1C. The maximum Gasteiger partial charge on any atom is 0.0760 e. The summed E-state index contributed by atoms with van der Waals surface area (Å²) in [5.41, 5.74) is 1.43. The second kappa shape index (κ2) is 4.35. The third-order valence-corrected chi connectivity index (χ3v) is 1.96. The minimum Gasteiger partial charge on any atom is -0.374 e. The largest absolute Gasteiger partial charge is 0.374 e. The van der Waals surface area contributed by atoms with E-state index >= 15 is 0 Å². The summed E-state index contributed by atoms with van der Waals surface area (Å²) in [6.45, 7) is 5.15. The van der Waals surface area contributed by atoms with Gasteiger partial charge in [-0.2, -0.15) is 0 Å². The lowest BCUT2D eigenvalue weighted by Gasteiger charge is -2.00. The van der Waals surface area contributed by atoms with Crippen LogP contribution in [0.15, 0.2) is 23.8 Å². The fraction of sp³-hybridized carbons (Fsp3) is 0.600. The second-order valence-electron chi connectivity index (χ2n) is 2.84. The van der Waals surface area contributed by atoms with Crippen LogP contribution in [0.4, 0.5) is 0 Å². The van der Waals surface area contributed by atoms with Crippen molar-refractivity contribution in [2.45, 2.75) is 32.8 Å². The Morgan fingerprint density at radius 1 is 1.64 bits per heavy atom. The minimum atomic E-state index is 0.344. The Bertz CT molecular complexity index is 168. The van der Waals surface area contributed by atoms with E-state index in [1.54, 1.807) is 0 Å². The Morgan fingerprint density at radius 3 is 3.00 bits per heavy atom. The number of hydrogen-bond donors (Lipinski definition) is 0. The molecule has 1 atom stereocenters. The van der Waals surface area contributed by atoms with Gasteiger partial charge in [0.15, 0.2) is 0 Å². The molecule has 1 heteroatoms. The summed E-state index contributed by atoms with van der Waals surface area (Å²) < 4.78 is 5.39. The predicted molar refractivity (Wildman–Crippen MR) is 47.5 cm³/mol. The molecule has 1 unspecified atom stereocenters. The quantitative estimate of drug-likeness (QED) is 0.591. The standard InChI is InChI=1S/C10H16O/c1-3-4-5-6-10-7-8-11-9(10)2/h4-6,9H,3,7-8H2,1-2H3/b5-4-,10-6-. The van der Waals surface area contributed by atoms with Crippen LogP contribution >= 0.6 is 0 Å². The first-order chi connectivity index (χ1) is 5.34. The van der Waals surface area contributed by atoms with Crippen molar-refractivity contribution in [3.63, 3.8) is 0 Å². The van der Waals surface area contributed by atoms with Gasteiger partial charge in [0.25, 0.3) is 0 Å². The van der Waals surface area contributed by atoms with Gasteiger partial charge in [-0.1, -0.05) is 25.2 Å². The Kier molecular flexibility index (Phi) is 3.37. The average molecular weight is 152 g/mol. The molecule has 0 aromatic carbocycles. The normalized spacial score (nSPS) is 28.9. The van der Waals surface area contributed by atoms with Crippen molar-refractivity contribution in [1.29, 1.82) is 0 Å². The molecule has 0 N–H and O–H groups in total.